The van der Waals surface area contributed by atoms with Crippen LogP contribution >= 0.6 is 23.1 Å². The molecule has 0 aliphatic heterocycles. The summed E-state index contributed by atoms with van der Waals surface area (Å²) < 4.78 is 0.693. The second-order valence-electron chi connectivity index (χ2n) is 1.99. The molecule has 0 radical (unpaired) electrons. The molecule has 0 aromatic carbocycles. The van der Waals surface area contributed by atoms with Crippen LogP contribution in [0.5, 0.6) is 0 Å². The van der Waals surface area contributed by atoms with Gasteiger partial charge in [-0.3, -0.25) is 9.59 Å². The zero-order valence-corrected chi connectivity index (χ0v) is 8.37. The number of carbonyl (C=O) groups excluding carboxylic acids is 2. The van der Waals surface area contributed by atoms with Gasteiger partial charge in [-0.1, -0.05) is 23.1 Å². The smallest absolute Gasteiger partial charge is 0.270 e. The number of carbonyl (C=O) groups is 2. The lowest BCUT2D eigenvalue weighted by molar-refractivity contribution is -0.105. The van der Waals surface area contributed by atoms with Crippen molar-refractivity contribution in [2.24, 2.45) is 5.73 Å². The summed E-state index contributed by atoms with van der Waals surface area (Å²) in [6.45, 7) is 0. The SMILES string of the molecule is CSc1nc(C(N)=O)c(NC=O)s1. The van der Waals surface area contributed by atoms with Gasteiger partial charge < -0.3 is 11.1 Å². The lowest BCUT2D eigenvalue weighted by atomic mass is 10.4. The minimum atomic E-state index is -0.638. The molecule has 1 rings (SSSR count). The molecule has 0 saturated carbocycles. The van der Waals surface area contributed by atoms with E-state index in [1.165, 1.54) is 23.1 Å². The molecule has 0 saturated heterocycles. The molecule has 70 valence electrons. The highest BCUT2D eigenvalue weighted by atomic mass is 32.2. The van der Waals surface area contributed by atoms with Gasteiger partial charge in [0.05, 0.1) is 0 Å². The zero-order chi connectivity index (χ0) is 9.84. The first-order chi connectivity index (χ1) is 6.19. The van der Waals surface area contributed by atoms with Gasteiger partial charge in [-0.15, -0.1) is 0 Å². The quantitative estimate of drug-likeness (QED) is 0.569. The number of hydrogen-bond donors (Lipinski definition) is 2. The number of thioether (sulfide) groups is 1. The van der Waals surface area contributed by atoms with Crippen LogP contribution in [0.25, 0.3) is 0 Å². The minimum absolute atomic E-state index is 0.112. The number of nitrogens with one attached hydrogen (secondary N) is 1. The summed E-state index contributed by atoms with van der Waals surface area (Å²) in [6.07, 6.45) is 2.32. The Hall–Kier alpha value is -1.08. The molecule has 0 spiro atoms. The highest BCUT2D eigenvalue weighted by Gasteiger charge is 2.14. The van der Waals surface area contributed by atoms with Crippen molar-refractivity contribution < 1.29 is 9.59 Å². The Bertz CT molecular complexity index is 337. The number of hydrogen-bond acceptors (Lipinski definition) is 5. The van der Waals surface area contributed by atoms with Gasteiger partial charge in [0.2, 0.25) is 6.41 Å². The molecule has 0 bridgehead atoms. The van der Waals surface area contributed by atoms with Crippen LogP contribution in [0, 0.1) is 0 Å². The van der Waals surface area contributed by atoms with Crippen LogP contribution in [0.3, 0.4) is 0 Å². The third-order valence-corrected chi connectivity index (χ3v) is 3.18. The van der Waals surface area contributed by atoms with E-state index >= 15 is 0 Å². The maximum absolute atomic E-state index is 10.8. The van der Waals surface area contributed by atoms with Crippen LogP contribution in [-0.2, 0) is 4.79 Å². The van der Waals surface area contributed by atoms with Crippen LogP contribution in [0.15, 0.2) is 4.34 Å². The average molecular weight is 217 g/mol. The molecule has 0 aliphatic rings. The summed E-state index contributed by atoms with van der Waals surface area (Å²) in [6, 6.07) is 0. The second-order valence-corrected chi connectivity index (χ2v) is 4.04. The second kappa shape index (κ2) is 4.24. The number of aromatic nitrogens is 1. The molecule has 7 heteroatoms. The minimum Gasteiger partial charge on any atom is -0.364 e. The van der Waals surface area contributed by atoms with Crippen LogP contribution in [0.1, 0.15) is 10.5 Å². The van der Waals surface area contributed by atoms with E-state index in [0.717, 1.165) is 0 Å². The van der Waals surface area contributed by atoms with E-state index in [1.807, 2.05) is 6.26 Å². The molecule has 1 aromatic heterocycles. The average Bonchev–Trinajstić information content (AvgIpc) is 2.48. The fourth-order valence-electron chi connectivity index (χ4n) is 0.706. The van der Waals surface area contributed by atoms with E-state index in [9.17, 15) is 9.59 Å². The monoisotopic (exact) mass is 217 g/mol. The van der Waals surface area contributed by atoms with E-state index < -0.39 is 5.91 Å². The van der Waals surface area contributed by atoms with Crippen molar-refractivity contribution in [2.45, 2.75) is 4.34 Å². The number of thiazole rings is 1. The van der Waals surface area contributed by atoms with Crippen molar-refractivity contribution in [3.63, 3.8) is 0 Å². The Kier molecular flexibility index (Phi) is 3.26. The molecule has 0 unspecified atom stereocenters. The maximum Gasteiger partial charge on any atom is 0.270 e. The Morgan fingerprint density at radius 3 is 2.92 bits per heavy atom. The summed E-state index contributed by atoms with van der Waals surface area (Å²) in [5.41, 5.74) is 5.17. The van der Waals surface area contributed by atoms with E-state index in [0.29, 0.717) is 15.8 Å². The van der Waals surface area contributed by atoms with Gasteiger partial charge >= 0.3 is 0 Å². The van der Waals surface area contributed by atoms with Crippen molar-refractivity contribution in [1.82, 2.24) is 4.98 Å². The first-order valence-corrected chi connectivity index (χ1v) is 5.28. The molecule has 0 fully saturated rings. The number of anilines is 1. The first-order valence-electron chi connectivity index (χ1n) is 3.24. The van der Waals surface area contributed by atoms with Gasteiger partial charge in [-0.25, -0.2) is 4.98 Å². The number of nitrogens with zero attached hydrogens (tertiary/aromatic N) is 1. The van der Waals surface area contributed by atoms with Gasteiger partial charge in [0.1, 0.15) is 5.00 Å². The van der Waals surface area contributed by atoms with Gasteiger partial charge in [0.25, 0.3) is 5.91 Å². The number of nitrogens with two attached hydrogens (primary N) is 1. The molecule has 0 aliphatic carbocycles. The van der Waals surface area contributed by atoms with Gasteiger partial charge in [-0.05, 0) is 6.26 Å². The van der Waals surface area contributed by atoms with Crippen molar-refractivity contribution in [3.05, 3.63) is 5.69 Å². The van der Waals surface area contributed by atoms with E-state index in [-0.39, 0.29) is 5.69 Å². The fourth-order valence-corrected chi connectivity index (χ4v) is 2.13. The predicted octanol–water partition coefficient (Wildman–Crippen LogP) is 0.532. The Balaban J connectivity index is 3.06. The van der Waals surface area contributed by atoms with Crippen molar-refractivity contribution in [2.75, 3.05) is 11.6 Å². The van der Waals surface area contributed by atoms with Gasteiger partial charge in [0, 0.05) is 0 Å². The highest BCUT2D eigenvalue weighted by Crippen LogP contribution is 2.29. The van der Waals surface area contributed by atoms with Gasteiger partial charge in [-0.2, -0.15) is 0 Å². The maximum atomic E-state index is 10.8. The lowest BCUT2D eigenvalue weighted by Gasteiger charge is -1.92. The third-order valence-electron chi connectivity index (χ3n) is 1.21. The molecule has 13 heavy (non-hydrogen) atoms. The Morgan fingerprint density at radius 2 is 2.46 bits per heavy atom. The van der Waals surface area contributed by atoms with Crippen LogP contribution < -0.4 is 11.1 Å². The standard InChI is InChI=1S/C6H7N3O2S2/c1-12-6-9-3(4(7)11)5(13-6)8-2-10/h2H,1H3,(H2,7,11)(H,8,10). The van der Waals surface area contributed by atoms with Crippen LogP contribution in [0.4, 0.5) is 5.00 Å². The topological polar surface area (TPSA) is 85.1 Å². The van der Waals surface area contributed by atoms with E-state index in [4.69, 9.17) is 5.73 Å². The summed E-state index contributed by atoms with van der Waals surface area (Å²) in [7, 11) is 0. The highest BCUT2D eigenvalue weighted by molar-refractivity contribution is 8.00. The summed E-state index contributed by atoms with van der Waals surface area (Å²) in [4.78, 5) is 24.9. The zero-order valence-electron chi connectivity index (χ0n) is 6.73. The summed E-state index contributed by atoms with van der Waals surface area (Å²) in [5.74, 6) is -0.638. The molecule has 2 amide bonds. The summed E-state index contributed by atoms with van der Waals surface area (Å²) in [5, 5.41) is 2.77. The normalized spacial score (nSPS) is 9.62. The summed E-state index contributed by atoms with van der Waals surface area (Å²) >= 11 is 2.61. The lowest BCUT2D eigenvalue weighted by Crippen LogP contribution is -2.13. The fraction of sp³-hybridized carbons (Fsp3) is 0.167. The molecule has 1 aromatic rings. The van der Waals surface area contributed by atoms with E-state index in [2.05, 4.69) is 10.3 Å². The number of amides is 2. The molecule has 3 N–H and O–H groups in total. The predicted molar refractivity (Wildman–Crippen MR) is 52.1 cm³/mol. The van der Waals surface area contributed by atoms with Crippen molar-refractivity contribution in [1.29, 1.82) is 0 Å². The molecule has 0 atom stereocenters. The molecular formula is C6H7N3O2S2. The molecular weight excluding hydrogens is 210 g/mol. The van der Waals surface area contributed by atoms with Crippen LogP contribution in [-0.4, -0.2) is 23.6 Å². The number of primary amides is 1. The largest absolute Gasteiger partial charge is 0.364 e. The van der Waals surface area contributed by atoms with Crippen molar-refractivity contribution in [3.8, 4) is 0 Å². The van der Waals surface area contributed by atoms with E-state index in [1.54, 1.807) is 0 Å². The number of rotatable bonds is 4. The third kappa shape index (κ3) is 2.19. The first kappa shape index (κ1) is 10.0. The molecule has 5 nitrogen and oxygen atoms in total. The van der Waals surface area contributed by atoms with Crippen LogP contribution in [0.2, 0.25) is 0 Å². The van der Waals surface area contributed by atoms with Crippen molar-refractivity contribution >= 4 is 40.4 Å². The Morgan fingerprint density at radius 1 is 1.77 bits per heavy atom. The Labute approximate surface area is 82.7 Å². The molecule has 1 heterocycles. The van der Waals surface area contributed by atoms with Gasteiger partial charge in [0.15, 0.2) is 10.0 Å².